The fourth-order valence-electron chi connectivity index (χ4n) is 1.44. The Morgan fingerprint density at radius 1 is 1.71 bits per heavy atom. The van der Waals surface area contributed by atoms with Crippen LogP contribution in [0.4, 0.5) is 0 Å². The minimum absolute atomic E-state index is 0.274. The maximum Gasteiger partial charge on any atom is 0.225 e. The number of thiazole rings is 1. The first-order valence-electron chi connectivity index (χ1n) is 4.83. The van der Waals surface area contributed by atoms with E-state index in [-0.39, 0.29) is 5.91 Å². The third-order valence-electron chi connectivity index (χ3n) is 2.37. The molecule has 1 aromatic rings. The van der Waals surface area contributed by atoms with E-state index < -0.39 is 0 Å². The topological polar surface area (TPSA) is 33.2 Å². The van der Waals surface area contributed by atoms with Crippen LogP contribution >= 0.6 is 11.3 Å². The molecule has 2 rings (SSSR count). The standard InChI is InChI=1S/C10H14N2OS/c1-7-11-9(6-14-7)5-12(2)10(13)8-3-4-8/h6,8H,3-5H2,1-2H3. The molecule has 1 aliphatic rings. The first kappa shape index (κ1) is 9.65. The van der Waals surface area contributed by atoms with Gasteiger partial charge in [-0.25, -0.2) is 4.98 Å². The number of carbonyl (C=O) groups is 1. The highest BCUT2D eigenvalue weighted by molar-refractivity contribution is 7.09. The third kappa shape index (κ3) is 2.12. The van der Waals surface area contributed by atoms with E-state index in [1.807, 2.05) is 19.4 Å². The molecule has 1 aromatic heterocycles. The molecule has 76 valence electrons. The van der Waals surface area contributed by atoms with Crippen molar-refractivity contribution in [1.82, 2.24) is 9.88 Å². The largest absolute Gasteiger partial charge is 0.340 e. The molecule has 0 unspecified atom stereocenters. The molecular formula is C10H14N2OS. The van der Waals surface area contributed by atoms with Gasteiger partial charge in [-0.2, -0.15) is 0 Å². The van der Waals surface area contributed by atoms with Gasteiger partial charge in [-0.15, -0.1) is 11.3 Å². The molecule has 0 radical (unpaired) electrons. The lowest BCUT2D eigenvalue weighted by Crippen LogP contribution is -2.27. The maximum absolute atomic E-state index is 11.6. The summed E-state index contributed by atoms with van der Waals surface area (Å²) in [5, 5.41) is 3.08. The zero-order chi connectivity index (χ0) is 10.1. The summed E-state index contributed by atoms with van der Waals surface area (Å²) in [7, 11) is 1.86. The Bertz CT molecular complexity index is 344. The molecule has 0 spiro atoms. The Balaban J connectivity index is 1.93. The van der Waals surface area contributed by atoms with E-state index in [1.54, 1.807) is 16.2 Å². The molecule has 0 bridgehead atoms. The zero-order valence-corrected chi connectivity index (χ0v) is 9.30. The van der Waals surface area contributed by atoms with Gasteiger partial charge in [0, 0.05) is 18.3 Å². The van der Waals surface area contributed by atoms with E-state index in [9.17, 15) is 4.79 Å². The summed E-state index contributed by atoms with van der Waals surface area (Å²) in [6.07, 6.45) is 2.14. The van der Waals surface area contributed by atoms with E-state index in [2.05, 4.69) is 4.98 Å². The molecule has 0 aliphatic heterocycles. The number of aryl methyl sites for hydroxylation is 1. The Hall–Kier alpha value is -0.900. The summed E-state index contributed by atoms with van der Waals surface area (Å²) in [4.78, 5) is 17.7. The van der Waals surface area contributed by atoms with Crippen molar-refractivity contribution in [2.24, 2.45) is 5.92 Å². The van der Waals surface area contributed by atoms with E-state index >= 15 is 0 Å². The van der Waals surface area contributed by atoms with Crippen LogP contribution < -0.4 is 0 Å². The number of nitrogens with zero attached hydrogens (tertiary/aromatic N) is 2. The van der Waals surface area contributed by atoms with Crippen LogP contribution in [0.15, 0.2) is 5.38 Å². The lowest BCUT2D eigenvalue weighted by atomic mass is 10.3. The predicted molar refractivity (Wildman–Crippen MR) is 56.0 cm³/mol. The van der Waals surface area contributed by atoms with Crippen molar-refractivity contribution < 1.29 is 4.79 Å². The second kappa shape index (κ2) is 3.69. The first-order valence-corrected chi connectivity index (χ1v) is 5.71. The minimum atomic E-state index is 0.274. The molecule has 0 atom stereocenters. The fourth-order valence-corrected chi connectivity index (χ4v) is 2.05. The number of carbonyl (C=O) groups excluding carboxylic acids is 1. The number of hydrogen-bond donors (Lipinski definition) is 0. The van der Waals surface area contributed by atoms with Crippen molar-refractivity contribution >= 4 is 17.2 Å². The molecule has 1 saturated carbocycles. The van der Waals surface area contributed by atoms with Crippen LogP contribution in [0.3, 0.4) is 0 Å². The van der Waals surface area contributed by atoms with Crippen molar-refractivity contribution in [2.45, 2.75) is 26.3 Å². The average molecular weight is 210 g/mol. The molecule has 1 fully saturated rings. The van der Waals surface area contributed by atoms with Crippen LogP contribution in [0.25, 0.3) is 0 Å². The second-order valence-electron chi connectivity index (χ2n) is 3.83. The van der Waals surface area contributed by atoms with Gasteiger partial charge in [0.25, 0.3) is 0 Å². The zero-order valence-electron chi connectivity index (χ0n) is 8.49. The van der Waals surface area contributed by atoms with E-state index in [0.717, 1.165) is 23.5 Å². The second-order valence-corrected chi connectivity index (χ2v) is 4.89. The Morgan fingerprint density at radius 3 is 2.93 bits per heavy atom. The van der Waals surface area contributed by atoms with Crippen molar-refractivity contribution in [2.75, 3.05) is 7.05 Å². The molecule has 0 N–H and O–H groups in total. The molecule has 14 heavy (non-hydrogen) atoms. The van der Waals surface area contributed by atoms with Crippen LogP contribution in [0, 0.1) is 12.8 Å². The Morgan fingerprint density at radius 2 is 2.43 bits per heavy atom. The SMILES string of the molecule is Cc1nc(CN(C)C(=O)C2CC2)cs1. The summed E-state index contributed by atoms with van der Waals surface area (Å²) in [5.41, 5.74) is 1.00. The van der Waals surface area contributed by atoms with Gasteiger partial charge in [0.2, 0.25) is 5.91 Å². The Kier molecular flexibility index (Phi) is 2.54. The van der Waals surface area contributed by atoms with Crippen molar-refractivity contribution in [3.63, 3.8) is 0 Å². The van der Waals surface area contributed by atoms with Gasteiger partial charge in [0.15, 0.2) is 0 Å². The van der Waals surface area contributed by atoms with Gasteiger partial charge in [-0.05, 0) is 19.8 Å². The molecule has 4 heteroatoms. The quantitative estimate of drug-likeness (QED) is 0.762. The number of aromatic nitrogens is 1. The van der Waals surface area contributed by atoms with Crippen molar-refractivity contribution in [1.29, 1.82) is 0 Å². The molecular weight excluding hydrogens is 196 g/mol. The molecule has 0 saturated heterocycles. The maximum atomic E-state index is 11.6. The summed E-state index contributed by atoms with van der Waals surface area (Å²) in [5.74, 6) is 0.579. The lowest BCUT2D eigenvalue weighted by molar-refractivity contribution is -0.131. The molecule has 1 heterocycles. The molecule has 0 aromatic carbocycles. The first-order chi connectivity index (χ1) is 6.66. The van der Waals surface area contributed by atoms with Gasteiger partial charge in [0.05, 0.1) is 17.2 Å². The van der Waals surface area contributed by atoms with Crippen molar-refractivity contribution in [3.8, 4) is 0 Å². The van der Waals surface area contributed by atoms with Crippen LogP contribution in [-0.2, 0) is 11.3 Å². The monoisotopic (exact) mass is 210 g/mol. The minimum Gasteiger partial charge on any atom is -0.340 e. The molecule has 1 aliphatic carbocycles. The van der Waals surface area contributed by atoms with Crippen LogP contribution in [0.2, 0.25) is 0 Å². The normalized spacial score (nSPS) is 15.6. The van der Waals surface area contributed by atoms with Crippen LogP contribution in [-0.4, -0.2) is 22.8 Å². The van der Waals surface area contributed by atoms with E-state index in [4.69, 9.17) is 0 Å². The highest BCUT2D eigenvalue weighted by Crippen LogP contribution is 2.30. The average Bonchev–Trinajstić information content (AvgIpc) is 2.91. The van der Waals surface area contributed by atoms with Gasteiger partial charge >= 0.3 is 0 Å². The molecule has 3 nitrogen and oxygen atoms in total. The van der Waals surface area contributed by atoms with Crippen LogP contribution in [0.1, 0.15) is 23.5 Å². The van der Waals surface area contributed by atoms with Gasteiger partial charge in [-0.3, -0.25) is 4.79 Å². The Labute approximate surface area is 87.8 Å². The van der Waals surface area contributed by atoms with Gasteiger partial charge in [-0.1, -0.05) is 0 Å². The van der Waals surface area contributed by atoms with E-state index in [1.165, 1.54) is 0 Å². The van der Waals surface area contributed by atoms with Gasteiger partial charge < -0.3 is 4.90 Å². The number of amides is 1. The fraction of sp³-hybridized carbons (Fsp3) is 0.600. The van der Waals surface area contributed by atoms with Crippen LogP contribution in [0.5, 0.6) is 0 Å². The smallest absolute Gasteiger partial charge is 0.225 e. The summed E-state index contributed by atoms with van der Waals surface area (Å²) in [6.45, 7) is 2.64. The summed E-state index contributed by atoms with van der Waals surface area (Å²) < 4.78 is 0. The summed E-state index contributed by atoms with van der Waals surface area (Å²) >= 11 is 1.63. The number of rotatable bonds is 3. The van der Waals surface area contributed by atoms with E-state index in [0.29, 0.717) is 12.5 Å². The molecule has 1 amide bonds. The lowest BCUT2D eigenvalue weighted by Gasteiger charge is -2.14. The number of hydrogen-bond acceptors (Lipinski definition) is 3. The highest BCUT2D eigenvalue weighted by Gasteiger charge is 2.32. The van der Waals surface area contributed by atoms with Gasteiger partial charge in [0.1, 0.15) is 0 Å². The van der Waals surface area contributed by atoms with Crippen molar-refractivity contribution in [3.05, 3.63) is 16.1 Å². The predicted octanol–water partition coefficient (Wildman–Crippen LogP) is 1.82. The summed E-state index contributed by atoms with van der Waals surface area (Å²) in [6, 6.07) is 0. The third-order valence-corrected chi connectivity index (χ3v) is 3.19. The highest BCUT2D eigenvalue weighted by atomic mass is 32.1.